The topological polar surface area (TPSA) is 38.7 Å². The molecule has 0 atom stereocenters. The number of nitrogens with zero attached hydrogens (tertiary/aromatic N) is 1. The van der Waals surface area contributed by atoms with Crippen LogP contribution in [0.15, 0.2) is 5.16 Å². The summed E-state index contributed by atoms with van der Waals surface area (Å²) < 4.78 is 74.9. The van der Waals surface area contributed by atoms with Crippen molar-refractivity contribution >= 4 is 12.2 Å². The van der Waals surface area contributed by atoms with E-state index in [0.29, 0.717) is 6.92 Å². The molecule has 0 spiro atoms. The number of oxime groups is 1. The molecular weight excluding hydrogens is 256 g/mol. The highest BCUT2D eigenvalue weighted by molar-refractivity contribution is 5.79. The summed E-state index contributed by atoms with van der Waals surface area (Å²) in [6.07, 6.45) is -12.4. The number of hydrogen-bond acceptors (Lipinski definition) is 3. The van der Waals surface area contributed by atoms with Gasteiger partial charge >= 0.3 is 18.3 Å². The quantitative estimate of drug-likeness (QED) is 0.340. The highest BCUT2D eigenvalue weighted by atomic mass is 19.4. The first-order valence-electron chi connectivity index (χ1n) is 4.37. The summed E-state index contributed by atoms with van der Waals surface area (Å²) in [5.74, 6) is -2.49. The van der Waals surface area contributed by atoms with E-state index in [2.05, 4.69) is 9.99 Å². The number of carbonyl (C=O) groups is 1. The molecule has 17 heavy (non-hydrogen) atoms. The van der Waals surface area contributed by atoms with E-state index >= 15 is 0 Å². The molecule has 0 heterocycles. The fraction of sp³-hybridized carbons (Fsp3) is 0.750. The Bertz CT molecular complexity index is 292. The Labute approximate surface area is 92.4 Å². The summed E-state index contributed by atoms with van der Waals surface area (Å²) in [6.45, 7) is 1.76. The third kappa shape index (κ3) is 2.70. The van der Waals surface area contributed by atoms with E-state index in [0.717, 1.165) is 6.21 Å². The average molecular weight is 265 g/mol. The van der Waals surface area contributed by atoms with Gasteiger partial charge in [0.15, 0.2) is 0 Å². The first-order valence-corrected chi connectivity index (χ1v) is 4.37. The smallest absolute Gasteiger partial charge is 0.317 e. The van der Waals surface area contributed by atoms with E-state index in [-0.39, 0.29) is 0 Å². The lowest BCUT2D eigenvalue weighted by molar-refractivity contribution is -0.333. The maximum Gasteiger partial charge on any atom is 0.413 e. The van der Waals surface area contributed by atoms with Crippen LogP contribution in [0.4, 0.5) is 26.3 Å². The third-order valence-electron chi connectivity index (χ3n) is 2.09. The number of rotatable bonds is 3. The van der Waals surface area contributed by atoms with Gasteiger partial charge in [-0.3, -0.25) is 0 Å². The Morgan fingerprint density at radius 1 is 1.18 bits per heavy atom. The third-order valence-corrected chi connectivity index (χ3v) is 2.09. The molecule has 0 unspecified atom stereocenters. The summed E-state index contributed by atoms with van der Waals surface area (Å²) in [7, 11) is 0. The lowest BCUT2D eigenvalue weighted by Gasteiger charge is -2.32. The molecule has 0 N–H and O–H groups in total. The van der Waals surface area contributed by atoms with E-state index in [1.807, 2.05) is 0 Å². The predicted octanol–water partition coefficient (Wildman–Crippen LogP) is 3.06. The van der Waals surface area contributed by atoms with Gasteiger partial charge in [-0.2, -0.15) is 26.3 Å². The first kappa shape index (κ1) is 15.7. The van der Waals surface area contributed by atoms with Crippen molar-refractivity contribution in [1.82, 2.24) is 0 Å². The van der Waals surface area contributed by atoms with Gasteiger partial charge in [0, 0.05) is 6.21 Å². The van der Waals surface area contributed by atoms with Gasteiger partial charge in [-0.1, -0.05) is 12.1 Å². The largest absolute Gasteiger partial charge is 0.413 e. The van der Waals surface area contributed by atoms with Crippen LogP contribution in [0.3, 0.4) is 0 Å². The van der Waals surface area contributed by atoms with Crippen LogP contribution < -0.4 is 0 Å². The molecule has 0 aromatic rings. The molecule has 0 aliphatic heterocycles. The fourth-order valence-electron chi connectivity index (χ4n) is 1.12. The molecule has 3 nitrogen and oxygen atoms in total. The van der Waals surface area contributed by atoms with Crippen LogP contribution in [-0.2, 0) is 9.63 Å². The maximum absolute atomic E-state index is 12.5. The van der Waals surface area contributed by atoms with Crippen molar-refractivity contribution in [3.8, 4) is 0 Å². The van der Waals surface area contributed by atoms with Gasteiger partial charge in [0.05, 0.1) is 0 Å². The van der Waals surface area contributed by atoms with Crippen molar-refractivity contribution in [1.29, 1.82) is 0 Å². The molecule has 0 aliphatic rings. The fourth-order valence-corrected chi connectivity index (χ4v) is 1.12. The van der Waals surface area contributed by atoms with E-state index in [1.54, 1.807) is 0 Å². The minimum atomic E-state index is -5.81. The van der Waals surface area contributed by atoms with E-state index in [9.17, 15) is 31.1 Å². The molecule has 0 aromatic carbocycles. The minimum absolute atomic E-state index is 0.595. The van der Waals surface area contributed by atoms with Crippen molar-refractivity contribution in [3.63, 3.8) is 0 Å². The molecule has 9 heteroatoms. The van der Waals surface area contributed by atoms with Gasteiger partial charge in [0.25, 0.3) is 5.41 Å². The zero-order chi connectivity index (χ0) is 13.9. The van der Waals surface area contributed by atoms with Crippen molar-refractivity contribution in [2.24, 2.45) is 10.6 Å². The van der Waals surface area contributed by atoms with Gasteiger partial charge in [-0.05, 0) is 13.3 Å². The SMILES string of the molecule is CC=NOC(=O)C(CC)(C(F)(F)F)C(F)(F)F. The van der Waals surface area contributed by atoms with Crippen LogP contribution in [0.25, 0.3) is 0 Å². The number of halogens is 6. The molecule has 0 bridgehead atoms. The van der Waals surface area contributed by atoms with E-state index < -0.39 is 30.2 Å². The highest BCUT2D eigenvalue weighted by Gasteiger charge is 2.75. The van der Waals surface area contributed by atoms with Crippen LogP contribution in [0.2, 0.25) is 0 Å². The number of hydrogen-bond donors (Lipinski definition) is 0. The normalized spacial score (nSPS) is 14.1. The number of carbonyl (C=O) groups excluding carboxylic acids is 1. The monoisotopic (exact) mass is 265 g/mol. The van der Waals surface area contributed by atoms with Crippen molar-refractivity contribution in [3.05, 3.63) is 0 Å². The molecule has 0 rings (SSSR count). The predicted molar refractivity (Wildman–Crippen MR) is 45.1 cm³/mol. The summed E-state index contributed by atoms with van der Waals surface area (Å²) >= 11 is 0. The van der Waals surface area contributed by atoms with Gasteiger partial charge in [0.2, 0.25) is 0 Å². The Balaban J connectivity index is 5.60. The van der Waals surface area contributed by atoms with Gasteiger partial charge in [-0.15, -0.1) is 0 Å². The lowest BCUT2D eigenvalue weighted by atomic mass is 9.83. The molecule has 0 fully saturated rings. The molecular formula is C8H9F6NO2. The second-order valence-electron chi connectivity index (χ2n) is 3.00. The average Bonchev–Trinajstić information content (AvgIpc) is 2.11. The highest BCUT2D eigenvalue weighted by Crippen LogP contribution is 2.53. The minimum Gasteiger partial charge on any atom is -0.317 e. The van der Waals surface area contributed by atoms with Crippen LogP contribution in [0.1, 0.15) is 20.3 Å². The van der Waals surface area contributed by atoms with Crippen LogP contribution in [0, 0.1) is 5.41 Å². The van der Waals surface area contributed by atoms with Gasteiger partial charge < -0.3 is 4.84 Å². The molecule has 100 valence electrons. The van der Waals surface area contributed by atoms with Gasteiger partial charge in [0.1, 0.15) is 0 Å². The molecule has 0 amide bonds. The van der Waals surface area contributed by atoms with Crippen molar-refractivity contribution in [2.75, 3.05) is 0 Å². The zero-order valence-corrected chi connectivity index (χ0v) is 8.82. The van der Waals surface area contributed by atoms with Crippen LogP contribution in [-0.4, -0.2) is 24.5 Å². The van der Waals surface area contributed by atoms with Crippen LogP contribution >= 0.6 is 0 Å². The zero-order valence-electron chi connectivity index (χ0n) is 8.82. The van der Waals surface area contributed by atoms with Crippen LogP contribution in [0.5, 0.6) is 0 Å². The summed E-state index contributed by atoms with van der Waals surface area (Å²) in [4.78, 5) is 14.6. The van der Waals surface area contributed by atoms with E-state index in [4.69, 9.17) is 0 Å². The molecule has 0 saturated heterocycles. The Morgan fingerprint density at radius 3 is 1.82 bits per heavy atom. The van der Waals surface area contributed by atoms with Gasteiger partial charge in [-0.25, -0.2) is 4.79 Å². The Morgan fingerprint density at radius 2 is 1.59 bits per heavy atom. The summed E-state index contributed by atoms with van der Waals surface area (Å²) in [5.41, 5.74) is -4.55. The molecule has 0 saturated carbocycles. The first-order chi connectivity index (χ1) is 7.54. The summed E-state index contributed by atoms with van der Waals surface area (Å²) in [5, 5.41) is 2.64. The lowest BCUT2D eigenvalue weighted by Crippen LogP contribution is -2.55. The molecule has 0 aliphatic carbocycles. The standard InChI is InChI=1S/C8H9F6NO2/c1-3-6(7(9,10)11,8(12,13)14)5(16)17-15-4-2/h4H,3H2,1-2H3. The van der Waals surface area contributed by atoms with Crippen molar-refractivity contribution in [2.45, 2.75) is 32.6 Å². The second kappa shape index (κ2) is 4.92. The Kier molecular flexibility index (Phi) is 4.55. The number of alkyl halides is 6. The Hall–Kier alpha value is -1.28. The molecule has 0 aromatic heterocycles. The van der Waals surface area contributed by atoms with Crippen molar-refractivity contribution < 1.29 is 36.0 Å². The summed E-state index contributed by atoms with van der Waals surface area (Å²) in [6, 6.07) is 0. The van der Waals surface area contributed by atoms with E-state index in [1.165, 1.54) is 6.92 Å². The maximum atomic E-state index is 12.5. The second-order valence-corrected chi connectivity index (χ2v) is 3.00. The molecule has 0 radical (unpaired) electrons.